The van der Waals surface area contributed by atoms with E-state index in [1.165, 1.54) is 12.1 Å². The Morgan fingerprint density at radius 1 is 1.17 bits per heavy atom. The van der Waals surface area contributed by atoms with Crippen molar-refractivity contribution in [3.05, 3.63) is 59.7 Å². The average molecular weight is 340 g/mol. The molecule has 2 aromatic rings. The molecule has 122 valence electrons. The van der Waals surface area contributed by atoms with Crippen molar-refractivity contribution in [2.45, 2.75) is 12.7 Å². The van der Waals surface area contributed by atoms with Gasteiger partial charge in [-0.15, -0.1) is 0 Å². The number of benzene rings is 2. The quantitative estimate of drug-likeness (QED) is 0.819. The third-order valence-electron chi connectivity index (χ3n) is 3.14. The van der Waals surface area contributed by atoms with Crippen LogP contribution in [-0.2, 0) is 12.7 Å². The zero-order valence-electron chi connectivity index (χ0n) is 12.3. The van der Waals surface area contributed by atoms with Crippen molar-refractivity contribution in [3.63, 3.8) is 0 Å². The maximum Gasteiger partial charge on any atom is 0.416 e. The molecule has 0 saturated carbocycles. The SMILES string of the molecule is CN(Cc1ccc(O)cc1)C(=S)Nc1cccc(C(F)(F)F)c1. The van der Waals surface area contributed by atoms with Crippen LogP contribution in [0.25, 0.3) is 0 Å². The van der Waals surface area contributed by atoms with Gasteiger partial charge >= 0.3 is 6.18 Å². The Labute approximate surface area is 137 Å². The standard InChI is InChI=1S/C16H15F3N2OS/c1-21(10-11-5-7-14(22)8-6-11)15(23)20-13-4-2-3-12(9-13)16(17,18)19/h2-9,22H,10H2,1H3,(H,20,23). The van der Waals surface area contributed by atoms with Crippen molar-refractivity contribution >= 4 is 23.0 Å². The van der Waals surface area contributed by atoms with Crippen molar-refractivity contribution in [2.75, 3.05) is 12.4 Å². The molecule has 2 aromatic carbocycles. The molecule has 0 heterocycles. The smallest absolute Gasteiger partial charge is 0.416 e. The number of nitrogens with one attached hydrogen (secondary N) is 1. The molecule has 0 spiro atoms. The minimum Gasteiger partial charge on any atom is -0.508 e. The van der Waals surface area contributed by atoms with E-state index < -0.39 is 11.7 Å². The molecule has 0 aliphatic carbocycles. The van der Waals surface area contributed by atoms with E-state index in [1.54, 1.807) is 36.2 Å². The summed E-state index contributed by atoms with van der Waals surface area (Å²) in [6.45, 7) is 0.463. The molecule has 3 nitrogen and oxygen atoms in total. The first-order chi connectivity index (χ1) is 10.8. The van der Waals surface area contributed by atoms with Crippen LogP contribution in [0.2, 0.25) is 0 Å². The Morgan fingerprint density at radius 3 is 2.43 bits per heavy atom. The molecule has 0 amide bonds. The van der Waals surface area contributed by atoms with E-state index in [-0.39, 0.29) is 11.4 Å². The van der Waals surface area contributed by atoms with Gasteiger partial charge in [0.25, 0.3) is 0 Å². The Kier molecular flexibility index (Phi) is 5.10. The fourth-order valence-corrected chi connectivity index (χ4v) is 2.12. The van der Waals surface area contributed by atoms with Crippen molar-refractivity contribution < 1.29 is 18.3 Å². The van der Waals surface area contributed by atoms with Crippen molar-refractivity contribution in [3.8, 4) is 5.75 Å². The second-order valence-corrected chi connectivity index (χ2v) is 5.42. The fourth-order valence-electron chi connectivity index (χ4n) is 1.94. The van der Waals surface area contributed by atoms with Crippen LogP contribution in [0.4, 0.5) is 18.9 Å². The zero-order chi connectivity index (χ0) is 17.0. The van der Waals surface area contributed by atoms with E-state index in [4.69, 9.17) is 12.2 Å². The number of phenolic OH excluding ortho intramolecular Hbond substituents is 1. The summed E-state index contributed by atoms with van der Waals surface area (Å²) >= 11 is 5.20. The molecule has 23 heavy (non-hydrogen) atoms. The molecule has 2 rings (SSSR count). The van der Waals surface area contributed by atoms with Gasteiger partial charge in [0, 0.05) is 19.3 Å². The number of nitrogens with zero attached hydrogens (tertiary/aromatic N) is 1. The summed E-state index contributed by atoms with van der Waals surface area (Å²) in [5.41, 5.74) is 0.465. The number of rotatable bonds is 3. The first-order valence-electron chi connectivity index (χ1n) is 6.73. The van der Waals surface area contributed by atoms with Crippen LogP contribution in [-0.4, -0.2) is 22.2 Å². The Balaban J connectivity index is 2.02. The van der Waals surface area contributed by atoms with Gasteiger partial charge in [-0.25, -0.2) is 0 Å². The predicted molar refractivity (Wildman–Crippen MR) is 87.2 cm³/mol. The van der Waals surface area contributed by atoms with Crippen LogP contribution in [0.15, 0.2) is 48.5 Å². The van der Waals surface area contributed by atoms with E-state index in [1.807, 2.05) is 0 Å². The molecule has 0 aliphatic heterocycles. The maximum absolute atomic E-state index is 12.7. The summed E-state index contributed by atoms with van der Waals surface area (Å²) in [7, 11) is 1.73. The van der Waals surface area contributed by atoms with E-state index >= 15 is 0 Å². The number of alkyl halides is 3. The highest BCUT2D eigenvalue weighted by Crippen LogP contribution is 2.30. The largest absolute Gasteiger partial charge is 0.508 e. The number of halogens is 3. The molecule has 0 aromatic heterocycles. The molecule has 0 saturated heterocycles. The lowest BCUT2D eigenvalue weighted by Crippen LogP contribution is -2.30. The van der Waals surface area contributed by atoms with E-state index in [0.29, 0.717) is 11.7 Å². The van der Waals surface area contributed by atoms with Crippen LogP contribution >= 0.6 is 12.2 Å². The van der Waals surface area contributed by atoms with Crippen LogP contribution in [0.1, 0.15) is 11.1 Å². The van der Waals surface area contributed by atoms with Crippen molar-refractivity contribution in [1.29, 1.82) is 0 Å². The highest BCUT2D eigenvalue weighted by atomic mass is 32.1. The van der Waals surface area contributed by atoms with Crippen LogP contribution < -0.4 is 5.32 Å². The molecular formula is C16H15F3N2OS. The Bertz CT molecular complexity index is 686. The predicted octanol–water partition coefficient (Wildman–Crippen LogP) is 4.24. The molecule has 0 atom stereocenters. The lowest BCUT2D eigenvalue weighted by molar-refractivity contribution is -0.137. The lowest BCUT2D eigenvalue weighted by Gasteiger charge is -2.21. The van der Waals surface area contributed by atoms with Crippen LogP contribution in [0, 0.1) is 0 Å². The molecule has 0 aliphatic rings. The highest BCUT2D eigenvalue weighted by molar-refractivity contribution is 7.80. The minimum atomic E-state index is -4.39. The fraction of sp³-hybridized carbons (Fsp3) is 0.188. The normalized spacial score (nSPS) is 11.1. The first-order valence-corrected chi connectivity index (χ1v) is 7.14. The summed E-state index contributed by atoms with van der Waals surface area (Å²) in [5, 5.41) is 12.3. The van der Waals surface area contributed by atoms with Crippen molar-refractivity contribution in [1.82, 2.24) is 4.90 Å². The van der Waals surface area contributed by atoms with E-state index in [9.17, 15) is 18.3 Å². The van der Waals surface area contributed by atoms with Gasteiger partial charge in [-0.1, -0.05) is 18.2 Å². The third-order valence-corrected chi connectivity index (χ3v) is 3.56. The Hall–Kier alpha value is -2.28. The number of hydrogen-bond donors (Lipinski definition) is 2. The molecule has 2 N–H and O–H groups in total. The molecule has 7 heteroatoms. The Morgan fingerprint density at radius 2 is 1.83 bits per heavy atom. The van der Waals surface area contributed by atoms with E-state index in [2.05, 4.69) is 5.32 Å². The van der Waals surface area contributed by atoms with Gasteiger partial charge in [-0.05, 0) is 48.1 Å². The lowest BCUT2D eigenvalue weighted by atomic mass is 10.2. The topological polar surface area (TPSA) is 35.5 Å². The molecule has 0 bridgehead atoms. The highest BCUT2D eigenvalue weighted by Gasteiger charge is 2.30. The average Bonchev–Trinajstić information content (AvgIpc) is 2.49. The first kappa shape index (κ1) is 17.1. The number of aromatic hydroxyl groups is 1. The molecular weight excluding hydrogens is 325 g/mol. The van der Waals surface area contributed by atoms with Gasteiger partial charge in [0.1, 0.15) is 5.75 Å². The number of phenols is 1. The second-order valence-electron chi connectivity index (χ2n) is 5.03. The van der Waals surface area contributed by atoms with Crippen LogP contribution in [0.5, 0.6) is 5.75 Å². The molecule has 0 unspecified atom stereocenters. The van der Waals surface area contributed by atoms with Gasteiger partial charge in [0.2, 0.25) is 0 Å². The summed E-state index contributed by atoms with van der Waals surface area (Å²) in [5.74, 6) is 0.168. The third kappa shape index (κ3) is 4.85. The van der Waals surface area contributed by atoms with Gasteiger partial charge in [0.15, 0.2) is 5.11 Å². The van der Waals surface area contributed by atoms with Gasteiger partial charge in [-0.3, -0.25) is 0 Å². The number of thiocarbonyl (C=S) groups is 1. The monoisotopic (exact) mass is 340 g/mol. The maximum atomic E-state index is 12.7. The summed E-state index contributed by atoms with van der Waals surface area (Å²) in [6, 6.07) is 11.5. The minimum absolute atomic E-state index is 0.168. The molecule has 0 radical (unpaired) electrons. The van der Waals surface area contributed by atoms with E-state index in [0.717, 1.165) is 17.7 Å². The summed E-state index contributed by atoms with van der Waals surface area (Å²) in [6.07, 6.45) is -4.39. The van der Waals surface area contributed by atoms with Crippen molar-refractivity contribution in [2.24, 2.45) is 0 Å². The van der Waals surface area contributed by atoms with Crippen LogP contribution in [0.3, 0.4) is 0 Å². The number of hydrogen-bond acceptors (Lipinski definition) is 2. The summed E-state index contributed by atoms with van der Waals surface area (Å²) < 4.78 is 38.1. The summed E-state index contributed by atoms with van der Waals surface area (Å²) in [4.78, 5) is 1.70. The molecule has 0 fully saturated rings. The van der Waals surface area contributed by atoms with Gasteiger partial charge in [0.05, 0.1) is 5.56 Å². The zero-order valence-corrected chi connectivity index (χ0v) is 13.1. The van der Waals surface area contributed by atoms with Gasteiger partial charge < -0.3 is 15.3 Å². The van der Waals surface area contributed by atoms with Gasteiger partial charge in [-0.2, -0.15) is 13.2 Å². The number of anilines is 1. The second kappa shape index (κ2) is 6.87.